The van der Waals surface area contributed by atoms with Crippen LogP contribution in [0, 0.1) is 24.6 Å². The van der Waals surface area contributed by atoms with Gasteiger partial charge in [-0.15, -0.1) is 0 Å². The van der Waals surface area contributed by atoms with E-state index in [1.165, 1.54) is 12.1 Å². The molecule has 0 unspecified atom stereocenters. The lowest BCUT2D eigenvalue weighted by Crippen LogP contribution is -2.24. The van der Waals surface area contributed by atoms with E-state index in [1.807, 2.05) is 0 Å². The fourth-order valence-corrected chi connectivity index (χ4v) is 2.59. The van der Waals surface area contributed by atoms with Crippen LogP contribution in [0.2, 0.25) is 5.02 Å². The third-order valence-corrected chi connectivity index (χ3v) is 3.96. The number of hydrogen-bond acceptors (Lipinski definition) is 3. The molecular weight excluding hydrogens is 355 g/mol. The Morgan fingerprint density at radius 1 is 1.23 bits per heavy atom. The lowest BCUT2D eigenvalue weighted by atomic mass is 10.1. The molecule has 0 saturated heterocycles. The van der Waals surface area contributed by atoms with Crippen LogP contribution in [0.25, 0.3) is 11.3 Å². The van der Waals surface area contributed by atoms with Crippen molar-refractivity contribution >= 4 is 17.5 Å². The maximum atomic E-state index is 12.9. The zero-order chi connectivity index (χ0) is 18.5. The summed E-state index contributed by atoms with van der Waals surface area (Å²) < 4.78 is 18.0. The van der Waals surface area contributed by atoms with Crippen molar-refractivity contribution < 1.29 is 13.7 Å². The first kappa shape index (κ1) is 17.7. The van der Waals surface area contributed by atoms with E-state index in [9.17, 15) is 9.18 Å². The Morgan fingerprint density at radius 2 is 1.96 bits per heavy atom. The highest BCUT2D eigenvalue weighted by Gasteiger charge is 2.22. The minimum absolute atomic E-state index is 0.128. The summed E-state index contributed by atoms with van der Waals surface area (Å²) in [6.07, 6.45) is 0. The SMILES string of the molecule is Cc1onc(-c2ccccc2Cl)c1C(=O)NCC#Cc1ccc(F)cc1. The van der Waals surface area contributed by atoms with Gasteiger partial charge in [0, 0.05) is 11.1 Å². The largest absolute Gasteiger partial charge is 0.360 e. The normalized spacial score (nSPS) is 10.1. The first-order valence-corrected chi connectivity index (χ1v) is 8.18. The molecular formula is C20H14ClFN2O2. The summed E-state index contributed by atoms with van der Waals surface area (Å²) in [7, 11) is 0. The number of halogens is 2. The Morgan fingerprint density at radius 3 is 2.69 bits per heavy atom. The maximum absolute atomic E-state index is 12.9. The molecule has 0 radical (unpaired) electrons. The number of aromatic nitrogens is 1. The van der Waals surface area contributed by atoms with Crippen LogP contribution in [-0.4, -0.2) is 17.6 Å². The van der Waals surface area contributed by atoms with Gasteiger partial charge in [0.05, 0.1) is 11.6 Å². The minimum atomic E-state index is -0.355. The summed E-state index contributed by atoms with van der Waals surface area (Å²) in [5, 5.41) is 7.15. The second kappa shape index (κ2) is 7.85. The molecule has 0 spiro atoms. The number of nitrogens with zero attached hydrogens (tertiary/aromatic N) is 1. The predicted octanol–water partition coefficient (Wildman–Crippen LogP) is 4.22. The van der Waals surface area contributed by atoms with Crippen LogP contribution in [0.15, 0.2) is 53.1 Å². The van der Waals surface area contributed by atoms with Crippen LogP contribution in [-0.2, 0) is 0 Å². The smallest absolute Gasteiger partial charge is 0.257 e. The van der Waals surface area contributed by atoms with Crippen LogP contribution in [0.1, 0.15) is 21.7 Å². The number of rotatable bonds is 3. The van der Waals surface area contributed by atoms with Crippen molar-refractivity contribution in [2.75, 3.05) is 6.54 Å². The highest BCUT2D eigenvalue weighted by Crippen LogP contribution is 2.30. The van der Waals surface area contributed by atoms with Gasteiger partial charge in [0.1, 0.15) is 22.8 Å². The van der Waals surface area contributed by atoms with Crippen molar-refractivity contribution in [2.24, 2.45) is 0 Å². The summed E-state index contributed by atoms with van der Waals surface area (Å²) in [5.41, 5.74) is 1.99. The lowest BCUT2D eigenvalue weighted by molar-refractivity contribution is 0.0957. The van der Waals surface area contributed by atoms with Crippen molar-refractivity contribution in [3.8, 4) is 23.1 Å². The van der Waals surface area contributed by atoms with Crippen LogP contribution < -0.4 is 5.32 Å². The van der Waals surface area contributed by atoms with Gasteiger partial charge in [0.15, 0.2) is 0 Å². The molecule has 26 heavy (non-hydrogen) atoms. The third kappa shape index (κ3) is 3.93. The van der Waals surface area contributed by atoms with Crippen molar-refractivity contribution in [2.45, 2.75) is 6.92 Å². The van der Waals surface area contributed by atoms with Crippen molar-refractivity contribution in [1.29, 1.82) is 0 Å². The van der Waals surface area contributed by atoms with E-state index in [0.717, 1.165) is 0 Å². The molecule has 2 aromatic carbocycles. The molecule has 130 valence electrons. The molecule has 0 saturated carbocycles. The molecule has 0 aliphatic heterocycles. The average molecular weight is 369 g/mol. The number of amides is 1. The van der Waals surface area contributed by atoms with E-state index in [2.05, 4.69) is 22.3 Å². The molecule has 0 fully saturated rings. The Hall–Kier alpha value is -3.10. The lowest BCUT2D eigenvalue weighted by Gasteiger charge is -2.04. The Balaban J connectivity index is 1.74. The van der Waals surface area contributed by atoms with Gasteiger partial charge in [0.25, 0.3) is 5.91 Å². The van der Waals surface area contributed by atoms with Gasteiger partial charge < -0.3 is 9.84 Å². The monoisotopic (exact) mass is 368 g/mol. The minimum Gasteiger partial charge on any atom is -0.360 e. The van der Waals surface area contributed by atoms with Gasteiger partial charge in [-0.3, -0.25) is 4.79 Å². The molecule has 3 rings (SSSR count). The Labute approximate surface area is 155 Å². The average Bonchev–Trinajstić information content (AvgIpc) is 3.02. The first-order chi connectivity index (χ1) is 12.6. The van der Waals surface area contributed by atoms with Crippen LogP contribution in [0.3, 0.4) is 0 Å². The first-order valence-electron chi connectivity index (χ1n) is 7.80. The number of aryl methyl sites for hydroxylation is 1. The highest BCUT2D eigenvalue weighted by atomic mass is 35.5. The van der Waals surface area contributed by atoms with E-state index >= 15 is 0 Å². The predicted molar refractivity (Wildman–Crippen MR) is 97.3 cm³/mol. The summed E-state index contributed by atoms with van der Waals surface area (Å²) in [4.78, 5) is 12.5. The molecule has 0 aliphatic rings. The highest BCUT2D eigenvalue weighted by molar-refractivity contribution is 6.33. The van der Waals surface area contributed by atoms with Crippen molar-refractivity contribution in [3.05, 3.63) is 76.3 Å². The second-order valence-corrected chi connectivity index (χ2v) is 5.84. The summed E-state index contributed by atoms with van der Waals surface area (Å²) >= 11 is 6.19. The molecule has 0 aliphatic carbocycles. The van der Waals surface area contributed by atoms with E-state index < -0.39 is 0 Å². The van der Waals surface area contributed by atoms with Gasteiger partial charge >= 0.3 is 0 Å². The van der Waals surface area contributed by atoms with Crippen LogP contribution >= 0.6 is 11.6 Å². The molecule has 0 atom stereocenters. The van der Waals surface area contributed by atoms with E-state index in [4.69, 9.17) is 16.1 Å². The van der Waals surface area contributed by atoms with Gasteiger partial charge in [-0.2, -0.15) is 0 Å². The van der Waals surface area contributed by atoms with E-state index in [1.54, 1.807) is 43.3 Å². The van der Waals surface area contributed by atoms with Gasteiger partial charge in [-0.25, -0.2) is 4.39 Å². The molecule has 1 N–H and O–H groups in total. The molecule has 3 aromatic rings. The quantitative estimate of drug-likeness (QED) is 0.704. The fraction of sp³-hybridized carbons (Fsp3) is 0.100. The summed E-state index contributed by atoms with van der Waals surface area (Å²) in [6, 6.07) is 12.9. The molecule has 1 amide bonds. The van der Waals surface area contributed by atoms with Gasteiger partial charge in [-0.1, -0.05) is 46.8 Å². The molecule has 6 heteroatoms. The second-order valence-electron chi connectivity index (χ2n) is 5.43. The number of nitrogens with one attached hydrogen (secondary N) is 1. The number of hydrogen-bond donors (Lipinski definition) is 1. The molecule has 1 aromatic heterocycles. The van der Waals surface area contributed by atoms with Crippen molar-refractivity contribution in [1.82, 2.24) is 10.5 Å². The van der Waals surface area contributed by atoms with Crippen molar-refractivity contribution in [3.63, 3.8) is 0 Å². The van der Waals surface area contributed by atoms with E-state index in [0.29, 0.717) is 33.2 Å². The zero-order valence-electron chi connectivity index (χ0n) is 13.8. The topological polar surface area (TPSA) is 55.1 Å². The number of carbonyl (C=O) groups is 1. The van der Waals surface area contributed by atoms with Crippen LogP contribution in [0.5, 0.6) is 0 Å². The Bertz CT molecular complexity index is 1000. The van der Waals surface area contributed by atoms with E-state index in [-0.39, 0.29) is 18.3 Å². The third-order valence-electron chi connectivity index (χ3n) is 3.63. The molecule has 1 heterocycles. The number of carbonyl (C=O) groups excluding carboxylic acids is 1. The van der Waals surface area contributed by atoms with Gasteiger partial charge in [0.2, 0.25) is 0 Å². The summed E-state index contributed by atoms with van der Waals surface area (Å²) in [6.45, 7) is 1.79. The van der Waals surface area contributed by atoms with Gasteiger partial charge in [-0.05, 0) is 37.3 Å². The fourth-order valence-electron chi connectivity index (χ4n) is 2.37. The Kier molecular flexibility index (Phi) is 5.35. The van der Waals surface area contributed by atoms with Crippen LogP contribution in [0.4, 0.5) is 4.39 Å². The maximum Gasteiger partial charge on any atom is 0.257 e. The molecule has 4 nitrogen and oxygen atoms in total. The number of benzene rings is 2. The molecule has 0 bridgehead atoms. The summed E-state index contributed by atoms with van der Waals surface area (Å²) in [5.74, 6) is 5.39. The standard InChI is InChI=1S/C20H14ClFN2O2/c1-13-18(19(24-26-13)16-6-2-3-7-17(16)21)20(25)23-12-4-5-14-8-10-15(22)11-9-14/h2-3,6-11H,12H2,1H3,(H,23,25). The zero-order valence-corrected chi connectivity index (χ0v) is 14.6.